The summed E-state index contributed by atoms with van der Waals surface area (Å²) in [4.78, 5) is 18.3. The first-order valence-electron chi connectivity index (χ1n) is 8.15. The molecule has 7 heteroatoms. The quantitative estimate of drug-likeness (QED) is 0.866. The van der Waals surface area contributed by atoms with Crippen LogP contribution in [0.3, 0.4) is 0 Å². The van der Waals surface area contributed by atoms with E-state index in [2.05, 4.69) is 4.94 Å². The maximum Gasteiger partial charge on any atom is 0.293 e. The molecule has 1 fully saturated rings. The van der Waals surface area contributed by atoms with Crippen LogP contribution >= 0.6 is 0 Å². The van der Waals surface area contributed by atoms with Gasteiger partial charge in [0.2, 0.25) is 0 Å². The standard InChI is InChI=1S/C18H21FN2O4/c1-24-16-5-3-2-4-13(16)11-21-9-6-14(17(22)18(21)23)10-20-8-7-15(12-20)25-19/h2-6,9,15,22H,7-8,10-12H2,1H3. The second-order valence-electron chi connectivity index (χ2n) is 6.17. The van der Waals surface area contributed by atoms with Crippen molar-refractivity contribution in [3.63, 3.8) is 0 Å². The van der Waals surface area contributed by atoms with Gasteiger partial charge in [-0.05, 0) is 23.1 Å². The Bertz CT molecular complexity index is 793. The molecule has 1 N–H and O–H groups in total. The summed E-state index contributed by atoms with van der Waals surface area (Å²) in [7, 11) is 1.58. The Labute approximate surface area is 144 Å². The SMILES string of the molecule is COc1ccccc1Cn1ccc(CN2CCC(OF)C2)c(O)c1=O. The van der Waals surface area contributed by atoms with Gasteiger partial charge in [0, 0.05) is 37.0 Å². The Morgan fingerprint density at radius 2 is 2.04 bits per heavy atom. The number of hydrogen-bond donors (Lipinski definition) is 1. The average Bonchev–Trinajstić information content (AvgIpc) is 3.09. The van der Waals surface area contributed by atoms with Crippen LogP contribution in [0.25, 0.3) is 0 Å². The first-order valence-corrected chi connectivity index (χ1v) is 8.15. The van der Waals surface area contributed by atoms with E-state index < -0.39 is 11.7 Å². The van der Waals surface area contributed by atoms with Gasteiger partial charge in [0.05, 0.1) is 13.7 Å². The molecule has 3 rings (SSSR count). The van der Waals surface area contributed by atoms with Crippen LogP contribution in [-0.4, -0.2) is 40.9 Å². The van der Waals surface area contributed by atoms with Crippen molar-refractivity contribution >= 4 is 0 Å². The van der Waals surface area contributed by atoms with Gasteiger partial charge in [-0.3, -0.25) is 9.69 Å². The van der Waals surface area contributed by atoms with Crippen LogP contribution in [0.5, 0.6) is 11.5 Å². The number of nitrogens with zero attached hydrogens (tertiary/aromatic N) is 2. The summed E-state index contributed by atoms with van der Waals surface area (Å²) in [5.41, 5.74) is 0.920. The van der Waals surface area contributed by atoms with Crippen LogP contribution in [-0.2, 0) is 18.0 Å². The molecule has 0 spiro atoms. The zero-order valence-corrected chi connectivity index (χ0v) is 14.0. The van der Waals surface area contributed by atoms with Crippen molar-refractivity contribution in [3.8, 4) is 11.5 Å². The predicted molar refractivity (Wildman–Crippen MR) is 90.3 cm³/mol. The highest BCUT2D eigenvalue weighted by atomic mass is 19.3. The number of aromatic hydroxyl groups is 1. The van der Waals surface area contributed by atoms with E-state index in [0.29, 0.717) is 43.9 Å². The van der Waals surface area contributed by atoms with Crippen molar-refractivity contribution in [2.45, 2.75) is 25.6 Å². The molecule has 2 heterocycles. The molecule has 0 bridgehead atoms. The van der Waals surface area contributed by atoms with Crippen LogP contribution in [0.1, 0.15) is 17.5 Å². The third kappa shape index (κ3) is 3.83. The minimum Gasteiger partial charge on any atom is -0.503 e. The number of pyridine rings is 1. The van der Waals surface area contributed by atoms with E-state index in [4.69, 9.17) is 4.74 Å². The molecular formula is C18H21FN2O4. The summed E-state index contributed by atoms with van der Waals surface area (Å²) in [5, 5.41) is 10.3. The summed E-state index contributed by atoms with van der Waals surface area (Å²) in [5.74, 6) is 0.411. The summed E-state index contributed by atoms with van der Waals surface area (Å²) in [6.07, 6.45) is 1.82. The van der Waals surface area contributed by atoms with Crippen molar-refractivity contribution in [1.29, 1.82) is 0 Å². The van der Waals surface area contributed by atoms with E-state index in [1.807, 2.05) is 29.2 Å². The molecule has 0 aliphatic carbocycles. The zero-order valence-electron chi connectivity index (χ0n) is 14.0. The molecule has 1 atom stereocenters. The van der Waals surface area contributed by atoms with E-state index in [9.17, 15) is 14.4 Å². The molecule has 1 aliphatic rings. The summed E-state index contributed by atoms with van der Waals surface area (Å²) in [6, 6.07) is 9.14. The number of halogens is 1. The molecule has 0 saturated carbocycles. The highest BCUT2D eigenvalue weighted by Crippen LogP contribution is 2.21. The summed E-state index contributed by atoms with van der Waals surface area (Å²) >= 11 is 0. The Kier molecular flexibility index (Phi) is 5.35. The lowest BCUT2D eigenvalue weighted by Crippen LogP contribution is -2.25. The Morgan fingerprint density at radius 1 is 1.24 bits per heavy atom. The lowest BCUT2D eigenvalue weighted by molar-refractivity contribution is -0.173. The van der Waals surface area contributed by atoms with Gasteiger partial charge in [-0.15, -0.1) is 0 Å². The molecule has 134 valence electrons. The van der Waals surface area contributed by atoms with Crippen LogP contribution in [0, 0.1) is 0 Å². The third-order valence-electron chi connectivity index (χ3n) is 4.51. The van der Waals surface area contributed by atoms with Crippen molar-refractivity contribution in [3.05, 3.63) is 58.0 Å². The molecule has 2 aromatic rings. The molecule has 1 aliphatic heterocycles. The lowest BCUT2D eigenvalue weighted by Gasteiger charge is -2.17. The maximum atomic E-state index is 12.5. The molecule has 1 saturated heterocycles. The molecule has 0 radical (unpaired) electrons. The fourth-order valence-electron chi connectivity index (χ4n) is 3.12. The van der Waals surface area contributed by atoms with Gasteiger partial charge < -0.3 is 14.4 Å². The third-order valence-corrected chi connectivity index (χ3v) is 4.51. The van der Waals surface area contributed by atoms with Gasteiger partial charge in [-0.25, -0.2) is 0 Å². The maximum absolute atomic E-state index is 12.5. The number of hydrogen-bond acceptors (Lipinski definition) is 5. The Morgan fingerprint density at radius 3 is 2.76 bits per heavy atom. The highest BCUT2D eigenvalue weighted by Gasteiger charge is 2.25. The first-order chi connectivity index (χ1) is 12.1. The van der Waals surface area contributed by atoms with Gasteiger partial charge in [0.25, 0.3) is 5.56 Å². The normalized spacial score (nSPS) is 17.8. The number of methoxy groups -OCH3 is 1. The van der Waals surface area contributed by atoms with E-state index in [1.54, 1.807) is 19.4 Å². The number of ether oxygens (including phenoxy) is 1. The van der Waals surface area contributed by atoms with Crippen LogP contribution in [0.4, 0.5) is 4.53 Å². The van der Waals surface area contributed by atoms with Crippen molar-refractivity contribution in [2.24, 2.45) is 0 Å². The number of para-hydroxylation sites is 1. The largest absolute Gasteiger partial charge is 0.503 e. The number of likely N-dealkylation sites (tertiary alicyclic amines) is 1. The van der Waals surface area contributed by atoms with Gasteiger partial charge in [0.1, 0.15) is 11.9 Å². The van der Waals surface area contributed by atoms with Gasteiger partial charge in [0.15, 0.2) is 5.75 Å². The smallest absolute Gasteiger partial charge is 0.293 e. The Balaban J connectivity index is 1.77. The van der Waals surface area contributed by atoms with E-state index in [-0.39, 0.29) is 5.75 Å². The molecule has 0 amide bonds. The van der Waals surface area contributed by atoms with E-state index in [1.165, 1.54) is 4.57 Å². The van der Waals surface area contributed by atoms with Crippen molar-refractivity contribution < 1.29 is 19.3 Å². The molecule has 1 aromatic heterocycles. The van der Waals surface area contributed by atoms with Crippen LogP contribution < -0.4 is 10.3 Å². The minimum atomic E-state index is -0.458. The second-order valence-corrected chi connectivity index (χ2v) is 6.17. The topological polar surface area (TPSA) is 63.9 Å². The number of rotatable bonds is 6. The molecule has 1 unspecified atom stereocenters. The first kappa shape index (κ1) is 17.4. The zero-order chi connectivity index (χ0) is 17.8. The summed E-state index contributed by atoms with van der Waals surface area (Å²) in [6.45, 7) is 1.80. The Hall–Kier alpha value is -2.38. The fraction of sp³-hybridized carbons (Fsp3) is 0.389. The molecule has 6 nitrogen and oxygen atoms in total. The van der Waals surface area contributed by atoms with E-state index in [0.717, 1.165) is 5.56 Å². The number of aromatic nitrogens is 1. The molecule has 1 aromatic carbocycles. The van der Waals surface area contributed by atoms with E-state index >= 15 is 0 Å². The fourth-order valence-corrected chi connectivity index (χ4v) is 3.12. The minimum absolute atomic E-state index is 0.276. The molecular weight excluding hydrogens is 327 g/mol. The van der Waals surface area contributed by atoms with Crippen LogP contribution in [0.15, 0.2) is 41.3 Å². The lowest BCUT2D eigenvalue weighted by atomic mass is 10.2. The van der Waals surface area contributed by atoms with Gasteiger partial charge in [-0.1, -0.05) is 18.2 Å². The summed E-state index contributed by atoms with van der Waals surface area (Å²) < 4.78 is 19.0. The van der Waals surface area contributed by atoms with Crippen LogP contribution in [0.2, 0.25) is 0 Å². The highest BCUT2D eigenvalue weighted by molar-refractivity contribution is 5.35. The van der Waals surface area contributed by atoms with Crippen molar-refractivity contribution in [1.82, 2.24) is 9.47 Å². The van der Waals surface area contributed by atoms with Gasteiger partial charge in [-0.2, -0.15) is 4.94 Å². The molecule has 25 heavy (non-hydrogen) atoms. The van der Waals surface area contributed by atoms with Crippen molar-refractivity contribution in [2.75, 3.05) is 20.2 Å². The second kappa shape index (κ2) is 7.67. The number of benzene rings is 1. The van der Waals surface area contributed by atoms with Gasteiger partial charge >= 0.3 is 0 Å². The monoisotopic (exact) mass is 348 g/mol. The average molecular weight is 348 g/mol. The predicted octanol–water partition coefficient (Wildman–Crippen LogP) is 2.09.